The molecule has 0 spiro atoms. The van der Waals surface area contributed by atoms with Crippen molar-refractivity contribution < 1.29 is 0 Å². The number of hydrogen-bond acceptors (Lipinski definition) is 5. The minimum Gasteiger partial charge on any atom is -0.382 e. The zero-order valence-corrected chi connectivity index (χ0v) is 15.3. The monoisotopic (exact) mass is 370 g/mol. The number of nitrogen functional groups attached to an aromatic ring is 1. The van der Waals surface area contributed by atoms with Gasteiger partial charge in [0, 0.05) is 29.6 Å². The summed E-state index contributed by atoms with van der Waals surface area (Å²) in [5, 5.41) is 8.54. The van der Waals surface area contributed by atoms with Crippen molar-refractivity contribution in [3.63, 3.8) is 0 Å². The van der Waals surface area contributed by atoms with E-state index in [4.69, 9.17) is 28.1 Å². The molecule has 5 N–H and O–H groups in total. The van der Waals surface area contributed by atoms with Crippen LogP contribution in [0, 0.1) is 0 Å². The van der Waals surface area contributed by atoms with E-state index in [0.717, 1.165) is 53.3 Å². The van der Waals surface area contributed by atoms with Crippen LogP contribution in [0.3, 0.4) is 0 Å². The molecule has 2 aromatic heterocycles. The van der Waals surface area contributed by atoms with E-state index < -0.39 is 0 Å². The van der Waals surface area contributed by atoms with Crippen LogP contribution in [-0.2, 0) is 6.54 Å². The first-order valence-electron chi connectivity index (χ1n) is 8.98. The van der Waals surface area contributed by atoms with E-state index in [1.54, 1.807) is 4.52 Å². The van der Waals surface area contributed by atoms with Crippen LogP contribution in [0.1, 0.15) is 42.9 Å². The Labute approximate surface area is 157 Å². The highest BCUT2D eigenvalue weighted by molar-refractivity contribution is 6.30. The molecule has 0 aliphatic heterocycles. The van der Waals surface area contributed by atoms with Gasteiger partial charge in [-0.25, -0.2) is 9.50 Å². The lowest BCUT2D eigenvalue weighted by molar-refractivity contribution is 0.391. The van der Waals surface area contributed by atoms with Crippen molar-refractivity contribution in [2.75, 3.05) is 11.1 Å². The molecule has 4 rings (SSSR count). The fourth-order valence-electron chi connectivity index (χ4n) is 3.56. The van der Waals surface area contributed by atoms with Gasteiger partial charge in [0.1, 0.15) is 5.82 Å². The van der Waals surface area contributed by atoms with Gasteiger partial charge in [0.25, 0.3) is 0 Å². The Balaban J connectivity index is 1.58. The van der Waals surface area contributed by atoms with Crippen LogP contribution < -0.4 is 16.8 Å². The van der Waals surface area contributed by atoms with Gasteiger partial charge < -0.3 is 16.8 Å². The van der Waals surface area contributed by atoms with E-state index in [1.807, 2.05) is 36.5 Å². The summed E-state index contributed by atoms with van der Waals surface area (Å²) < 4.78 is 1.78. The molecule has 1 aliphatic rings. The quantitative estimate of drug-likeness (QED) is 0.652. The number of rotatable bonds is 4. The molecular weight excluding hydrogens is 348 g/mol. The highest BCUT2D eigenvalue weighted by atomic mass is 35.5. The zero-order valence-electron chi connectivity index (χ0n) is 14.5. The molecule has 0 amide bonds. The average molecular weight is 371 g/mol. The molecule has 7 heteroatoms. The molecule has 26 heavy (non-hydrogen) atoms. The van der Waals surface area contributed by atoms with Gasteiger partial charge in [0.2, 0.25) is 0 Å². The Morgan fingerprint density at radius 1 is 1.15 bits per heavy atom. The van der Waals surface area contributed by atoms with Gasteiger partial charge in [-0.3, -0.25) is 0 Å². The summed E-state index contributed by atoms with van der Waals surface area (Å²) in [6, 6.07) is 9.93. The first kappa shape index (κ1) is 17.1. The van der Waals surface area contributed by atoms with Crippen LogP contribution in [0.4, 0.5) is 11.5 Å². The number of aromatic nitrogens is 3. The van der Waals surface area contributed by atoms with Crippen molar-refractivity contribution in [1.29, 1.82) is 0 Å². The summed E-state index contributed by atoms with van der Waals surface area (Å²) in [7, 11) is 0. The number of nitrogens with one attached hydrogen (secondary N) is 1. The van der Waals surface area contributed by atoms with Crippen LogP contribution in [0.2, 0.25) is 5.02 Å². The number of halogens is 1. The van der Waals surface area contributed by atoms with E-state index in [-0.39, 0.29) is 0 Å². The topological polar surface area (TPSA) is 94.3 Å². The molecule has 1 saturated carbocycles. The fourth-order valence-corrected chi connectivity index (χ4v) is 3.68. The van der Waals surface area contributed by atoms with E-state index in [0.29, 0.717) is 24.3 Å². The summed E-state index contributed by atoms with van der Waals surface area (Å²) in [5.41, 5.74) is 15.9. The van der Waals surface area contributed by atoms with Crippen LogP contribution in [0.25, 0.3) is 5.65 Å². The summed E-state index contributed by atoms with van der Waals surface area (Å²) >= 11 is 5.95. The Bertz CT molecular complexity index is 896. The van der Waals surface area contributed by atoms with Crippen molar-refractivity contribution in [3.8, 4) is 0 Å². The highest BCUT2D eigenvalue weighted by Gasteiger charge is 2.23. The van der Waals surface area contributed by atoms with Crippen molar-refractivity contribution in [3.05, 3.63) is 52.8 Å². The molecule has 6 nitrogen and oxygen atoms in total. The molecule has 0 unspecified atom stereocenters. The van der Waals surface area contributed by atoms with Gasteiger partial charge in [-0.1, -0.05) is 23.7 Å². The molecule has 0 radical (unpaired) electrons. The van der Waals surface area contributed by atoms with Crippen molar-refractivity contribution in [1.82, 2.24) is 14.6 Å². The normalized spacial score (nSPS) is 20.4. The molecule has 0 saturated heterocycles. The number of nitrogens with zero attached hydrogens (tertiary/aromatic N) is 3. The molecule has 0 bridgehead atoms. The second kappa shape index (κ2) is 7.13. The largest absolute Gasteiger partial charge is 0.382 e. The third kappa shape index (κ3) is 3.61. The SMILES string of the molecule is Nc1cc(NCc2ccc(Cl)cc2)c2nc(C3CCC(N)CC3)cn2n1. The fraction of sp³-hybridized carbons (Fsp3) is 0.368. The van der Waals surface area contributed by atoms with E-state index in [9.17, 15) is 0 Å². The number of anilines is 2. The Morgan fingerprint density at radius 3 is 2.62 bits per heavy atom. The number of hydrogen-bond donors (Lipinski definition) is 3. The zero-order chi connectivity index (χ0) is 18.1. The summed E-state index contributed by atoms with van der Waals surface area (Å²) in [6.45, 7) is 0.663. The number of imidazole rings is 1. The highest BCUT2D eigenvalue weighted by Crippen LogP contribution is 2.32. The average Bonchev–Trinajstić information content (AvgIpc) is 3.05. The van der Waals surface area contributed by atoms with Gasteiger partial charge >= 0.3 is 0 Å². The van der Waals surface area contributed by atoms with Gasteiger partial charge in [-0.2, -0.15) is 0 Å². The maximum atomic E-state index is 6.03. The van der Waals surface area contributed by atoms with Crippen molar-refractivity contribution in [2.24, 2.45) is 5.73 Å². The molecule has 0 atom stereocenters. The van der Waals surface area contributed by atoms with Gasteiger partial charge in [0.15, 0.2) is 5.65 Å². The number of nitrogens with two attached hydrogens (primary N) is 2. The third-order valence-electron chi connectivity index (χ3n) is 5.05. The number of fused-ring (bicyclic) bond motifs is 1. The standard InChI is InChI=1S/C19H23ClN6/c20-14-5-1-12(2-6-14)10-23-16-9-18(22)25-26-11-17(24-19(16)26)13-3-7-15(21)8-4-13/h1-2,5-6,9,11,13,15,23H,3-4,7-8,10,21H2,(H2,22,25). The van der Waals surface area contributed by atoms with Crippen LogP contribution in [0.15, 0.2) is 36.5 Å². The lowest BCUT2D eigenvalue weighted by atomic mass is 9.85. The second-order valence-electron chi connectivity index (χ2n) is 7.01. The summed E-state index contributed by atoms with van der Waals surface area (Å²) in [5.74, 6) is 0.910. The Kier molecular flexibility index (Phi) is 4.70. The minimum absolute atomic E-state index is 0.327. The minimum atomic E-state index is 0.327. The van der Waals surface area contributed by atoms with E-state index >= 15 is 0 Å². The molecule has 2 heterocycles. The predicted molar refractivity (Wildman–Crippen MR) is 105 cm³/mol. The van der Waals surface area contributed by atoms with Crippen molar-refractivity contribution in [2.45, 2.75) is 44.2 Å². The lowest BCUT2D eigenvalue weighted by Crippen LogP contribution is -2.25. The molecule has 3 aromatic rings. The maximum Gasteiger partial charge on any atom is 0.177 e. The molecule has 1 fully saturated rings. The summed E-state index contributed by atoms with van der Waals surface area (Å²) in [4.78, 5) is 4.85. The van der Waals surface area contributed by atoms with Gasteiger partial charge in [-0.05, 0) is 43.4 Å². The summed E-state index contributed by atoms with van der Waals surface area (Å²) in [6.07, 6.45) is 6.26. The smallest absolute Gasteiger partial charge is 0.177 e. The van der Waals surface area contributed by atoms with Crippen molar-refractivity contribution >= 4 is 28.8 Å². The van der Waals surface area contributed by atoms with Crippen LogP contribution in [0.5, 0.6) is 0 Å². The molecule has 136 valence electrons. The first-order valence-corrected chi connectivity index (χ1v) is 9.36. The number of benzene rings is 1. The molecule has 1 aliphatic carbocycles. The van der Waals surface area contributed by atoms with E-state index in [2.05, 4.69) is 10.4 Å². The maximum absolute atomic E-state index is 6.03. The second-order valence-corrected chi connectivity index (χ2v) is 7.44. The Hall–Kier alpha value is -2.31. The van der Waals surface area contributed by atoms with Crippen LogP contribution in [-0.4, -0.2) is 20.6 Å². The molecular formula is C19H23ClN6. The van der Waals surface area contributed by atoms with Gasteiger partial charge in [-0.15, -0.1) is 5.10 Å². The third-order valence-corrected chi connectivity index (χ3v) is 5.30. The van der Waals surface area contributed by atoms with E-state index in [1.165, 1.54) is 0 Å². The first-order chi connectivity index (χ1) is 12.6. The lowest BCUT2D eigenvalue weighted by Gasteiger charge is -2.24. The Morgan fingerprint density at radius 2 is 1.88 bits per heavy atom. The van der Waals surface area contributed by atoms with Gasteiger partial charge in [0.05, 0.1) is 17.6 Å². The van der Waals surface area contributed by atoms with Crippen LogP contribution >= 0.6 is 11.6 Å². The predicted octanol–water partition coefficient (Wildman–Crippen LogP) is 3.56. The molecule has 1 aromatic carbocycles.